The van der Waals surface area contributed by atoms with E-state index < -0.39 is 0 Å². The summed E-state index contributed by atoms with van der Waals surface area (Å²) in [4.78, 5) is 0. The molecule has 0 saturated heterocycles. The Balaban J connectivity index is 2.27. The van der Waals surface area contributed by atoms with Crippen molar-refractivity contribution >= 4 is 0 Å². The number of allylic oxidation sites excluding steroid dienone is 4. The van der Waals surface area contributed by atoms with Crippen LogP contribution < -0.4 is 0 Å². The molecule has 1 nitrogen and oxygen atoms in total. The van der Waals surface area contributed by atoms with Gasteiger partial charge in [-0.25, -0.2) is 0 Å². The Morgan fingerprint density at radius 3 is 2.79 bits per heavy atom. The van der Waals surface area contributed by atoms with Crippen LogP contribution in [0.25, 0.3) is 0 Å². The molecule has 1 radical (unpaired) electrons. The van der Waals surface area contributed by atoms with Crippen molar-refractivity contribution in [2.24, 2.45) is 0 Å². The van der Waals surface area contributed by atoms with Crippen molar-refractivity contribution in [2.45, 2.75) is 12.3 Å². The molecule has 0 spiro atoms. The third-order valence-electron chi connectivity index (χ3n) is 2.35. The molecule has 1 atom stereocenters. The maximum atomic E-state index is 8.75. The lowest BCUT2D eigenvalue weighted by Gasteiger charge is -2.13. The zero-order valence-corrected chi connectivity index (χ0v) is 7.77. The summed E-state index contributed by atoms with van der Waals surface area (Å²) >= 11 is 0. The summed E-state index contributed by atoms with van der Waals surface area (Å²) in [6.07, 6.45) is 7.81. The summed E-state index contributed by atoms with van der Waals surface area (Å²) in [6.45, 7) is 0. The molecule has 0 aliphatic heterocycles. The van der Waals surface area contributed by atoms with Gasteiger partial charge in [-0.3, -0.25) is 0 Å². The quantitative estimate of drug-likeness (QED) is 0.651. The van der Waals surface area contributed by atoms with Gasteiger partial charge in [-0.2, -0.15) is 5.26 Å². The van der Waals surface area contributed by atoms with Crippen molar-refractivity contribution in [3.8, 4) is 6.07 Å². The van der Waals surface area contributed by atoms with Crippen LogP contribution in [0.4, 0.5) is 0 Å². The second kappa shape index (κ2) is 3.93. The molecular weight excluding hydrogens is 170 g/mol. The van der Waals surface area contributed by atoms with E-state index in [0.717, 1.165) is 6.42 Å². The summed E-state index contributed by atoms with van der Waals surface area (Å²) in [5.41, 5.74) is 1.91. The van der Waals surface area contributed by atoms with Crippen LogP contribution in [-0.2, 0) is 0 Å². The maximum absolute atomic E-state index is 8.75. The van der Waals surface area contributed by atoms with Crippen molar-refractivity contribution in [2.75, 3.05) is 0 Å². The molecule has 1 aromatic rings. The highest BCUT2D eigenvalue weighted by atomic mass is 14.2. The van der Waals surface area contributed by atoms with Crippen LogP contribution in [0.5, 0.6) is 0 Å². The molecule has 0 amide bonds. The molecule has 0 N–H and O–H groups in total. The first kappa shape index (κ1) is 8.77. The number of hydrogen-bond donors (Lipinski definition) is 0. The van der Waals surface area contributed by atoms with Crippen LogP contribution in [0.2, 0.25) is 0 Å². The lowest BCUT2D eigenvalue weighted by atomic mass is 9.90. The highest BCUT2D eigenvalue weighted by molar-refractivity contribution is 5.37. The van der Waals surface area contributed by atoms with E-state index in [9.17, 15) is 0 Å². The van der Waals surface area contributed by atoms with Crippen LogP contribution in [0.3, 0.4) is 0 Å². The summed E-state index contributed by atoms with van der Waals surface area (Å²) in [5, 5.41) is 8.75. The molecule has 0 saturated carbocycles. The van der Waals surface area contributed by atoms with Crippen LogP contribution >= 0.6 is 0 Å². The highest BCUT2D eigenvalue weighted by Gasteiger charge is 2.10. The van der Waals surface area contributed by atoms with E-state index in [-0.39, 0.29) is 0 Å². The first-order chi connectivity index (χ1) is 6.90. The van der Waals surface area contributed by atoms with Gasteiger partial charge in [-0.05, 0) is 18.1 Å². The fourth-order valence-corrected chi connectivity index (χ4v) is 1.62. The molecule has 14 heavy (non-hydrogen) atoms. The topological polar surface area (TPSA) is 23.8 Å². The lowest BCUT2D eigenvalue weighted by Crippen LogP contribution is -1.98. The number of hydrogen-bond acceptors (Lipinski definition) is 1. The van der Waals surface area contributed by atoms with Crippen LogP contribution in [0, 0.1) is 17.4 Å². The third-order valence-corrected chi connectivity index (χ3v) is 2.35. The number of benzene rings is 1. The number of nitriles is 1. The smallest absolute Gasteiger partial charge is 0.0994 e. The Bertz CT molecular complexity index is 407. The lowest BCUT2D eigenvalue weighted by molar-refractivity contribution is 0.844. The van der Waals surface area contributed by atoms with E-state index in [1.54, 1.807) is 0 Å². The van der Waals surface area contributed by atoms with Crippen molar-refractivity contribution in [1.82, 2.24) is 0 Å². The zero-order valence-electron chi connectivity index (χ0n) is 7.77. The van der Waals surface area contributed by atoms with Gasteiger partial charge >= 0.3 is 0 Å². The summed E-state index contributed by atoms with van der Waals surface area (Å²) in [7, 11) is 0. The highest BCUT2D eigenvalue weighted by Crippen LogP contribution is 2.26. The Morgan fingerprint density at radius 2 is 2.07 bits per heavy atom. The van der Waals surface area contributed by atoms with Crippen LogP contribution in [-0.4, -0.2) is 0 Å². The average Bonchev–Trinajstić information content (AvgIpc) is 2.30. The number of nitrogens with zero attached hydrogens (tertiary/aromatic N) is 1. The minimum atomic E-state index is 0.340. The van der Waals surface area contributed by atoms with E-state index in [2.05, 4.69) is 24.3 Å². The molecule has 0 heterocycles. The SMILES string of the molecule is N#CC1=CC(c2ccccc2)CC=[C]1. The standard InChI is InChI=1S/C13H10N/c14-10-11-5-4-8-13(9-11)12-6-2-1-3-7-12/h1-4,6-7,9,13H,8H2. The molecular formula is C13H10N. The summed E-state index contributed by atoms with van der Waals surface area (Å²) in [5.74, 6) is 0.340. The predicted molar refractivity (Wildman–Crippen MR) is 55.3 cm³/mol. The fraction of sp³-hybridized carbons (Fsp3) is 0.154. The normalized spacial score (nSPS) is 19.9. The number of rotatable bonds is 1. The van der Waals surface area contributed by atoms with Crippen molar-refractivity contribution in [1.29, 1.82) is 5.26 Å². The molecule has 0 fully saturated rings. The molecule has 2 rings (SSSR count). The second-order valence-electron chi connectivity index (χ2n) is 3.29. The molecule has 1 aliphatic rings. The van der Waals surface area contributed by atoms with E-state index in [0.29, 0.717) is 11.5 Å². The fourth-order valence-electron chi connectivity index (χ4n) is 1.62. The molecule has 0 bridgehead atoms. The van der Waals surface area contributed by atoms with Gasteiger partial charge in [-0.15, -0.1) is 0 Å². The zero-order chi connectivity index (χ0) is 9.80. The first-order valence-corrected chi connectivity index (χ1v) is 4.65. The third kappa shape index (κ3) is 1.75. The van der Waals surface area contributed by atoms with E-state index in [1.165, 1.54) is 5.56 Å². The monoisotopic (exact) mass is 180 g/mol. The average molecular weight is 180 g/mol. The Labute approximate surface area is 84.0 Å². The van der Waals surface area contributed by atoms with E-state index in [4.69, 9.17) is 5.26 Å². The summed E-state index contributed by atoms with van der Waals surface area (Å²) in [6, 6.07) is 12.4. The molecule has 1 heteroatoms. The van der Waals surface area contributed by atoms with Gasteiger partial charge in [0, 0.05) is 5.92 Å². The largest absolute Gasteiger partial charge is 0.192 e. The Hall–Kier alpha value is -1.81. The van der Waals surface area contributed by atoms with Gasteiger partial charge in [0.05, 0.1) is 11.6 Å². The first-order valence-electron chi connectivity index (χ1n) is 4.65. The maximum Gasteiger partial charge on any atom is 0.0994 e. The van der Waals surface area contributed by atoms with E-state index >= 15 is 0 Å². The molecule has 1 unspecified atom stereocenters. The minimum absolute atomic E-state index is 0.340. The van der Waals surface area contributed by atoms with Crippen molar-refractivity contribution in [3.05, 3.63) is 59.7 Å². The molecule has 0 aromatic heterocycles. The van der Waals surface area contributed by atoms with Gasteiger partial charge < -0.3 is 0 Å². The predicted octanol–water partition coefficient (Wildman–Crippen LogP) is 2.98. The van der Waals surface area contributed by atoms with Gasteiger partial charge in [0.15, 0.2) is 0 Å². The summed E-state index contributed by atoms with van der Waals surface area (Å²) < 4.78 is 0. The second-order valence-corrected chi connectivity index (χ2v) is 3.29. The van der Waals surface area contributed by atoms with Gasteiger partial charge in [0.2, 0.25) is 0 Å². The Morgan fingerprint density at radius 1 is 1.29 bits per heavy atom. The van der Waals surface area contributed by atoms with Crippen molar-refractivity contribution in [3.63, 3.8) is 0 Å². The minimum Gasteiger partial charge on any atom is -0.192 e. The van der Waals surface area contributed by atoms with Crippen LogP contribution in [0.1, 0.15) is 17.9 Å². The molecule has 1 aliphatic carbocycles. The van der Waals surface area contributed by atoms with Gasteiger partial charge in [0.25, 0.3) is 0 Å². The van der Waals surface area contributed by atoms with Gasteiger partial charge in [-0.1, -0.05) is 42.5 Å². The molecule has 1 aromatic carbocycles. The Kier molecular flexibility index (Phi) is 2.46. The van der Waals surface area contributed by atoms with Gasteiger partial charge in [0.1, 0.15) is 0 Å². The van der Waals surface area contributed by atoms with Crippen LogP contribution in [0.15, 0.2) is 48.1 Å². The van der Waals surface area contributed by atoms with E-state index in [1.807, 2.05) is 30.4 Å². The molecule has 67 valence electrons. The van der Waals surface area contributed by atoms with Crippen molar-refractivity contribution < 1.29 is 0 Å².